The minimum absolute atomic E-state index is 0.116. The van der Waals surface area contributed by atoms with Crippen LogP contribution in [0.15, 0.2) is 229 Å². The molecule has 0 fully saturated rings. The van der Waals surface area contributed by atoms with Gasteiger partial charge in [0.15, 0.2) is 0 Å². The molecule has 9 aromatic rings. The van der Waals surface area contributed by atoms with Gasteiger partial charge < -0.3 is 14.8 Å². The summed E-state index contributed by atoms with van der Waals surface area (Å²) < 4.78 is 2.44. The molecule has 62 heavy (non-hydrogen) atoms. The van der Waals surface area contributed by atoms with E-state index in [1.54, 1.807) is 0 Å². The van der Waals surface area contributed by atoms with Crippen LogP contribution in [0.25, 0.3) is 49.7 Å². The first-order valence-corrected chi connectivity index (χ1v) is 21.5. The quantitative estimate of drug-likeness (QED) is 0.169. The zero-order valence-corrected chi connectivity index (χ0v) is 34.0. The van der Waals surface area contributed by atoms with Gasteiger partial charge in [0.25, 0.3) is 0 Å². The number of rotatable bonds is 7. The molecule has 3 heterocycles. The highest BCUT2D eigenvalue weighted by molar-refractivity contribution is 6.10. The summed E-state index contributed by atoms with van der Waals surface area (Å²) >= 11 is 0. The van der Waals surface area contributed by atoms with E-state index in [2.05, 4.69) is 245 Å². The number of allylic oxidation sites excluding steroid dienone is 2. The summed E-state index contributed by atoms with van der Waals surface area (Å²) in [6.07, 6.45) is 8.63. The lowest BCUT2D eigenvalue weighted by Gasteiger charge is -2.36. The Morgan fingerprint density at radius 1 is 0.452 bits per heavy atom. The van der Waals surface area contributed by atoms with Gasteiger partial charge in [-0.15, -0.1) is 0 Å². The monoisotopic (exact) mass is 797 g/mol. The van der Waals surface area contributed by atoms with Crippen molar-refractivity contribution in [3.8, 4) is 27.9 Å². The van der Waals surface area contributed by atoms with Crippen molar-refractivity contribution in [2.75, 3.05) is 4.90 Å². The molecule has 0 amide bonds. The van der Waals surface area contributed by atoms with Gasteiger partial charge in [0.1, 0.15) is 18.2 Å². The van der Waals surface area contributed by atoms with E-state index >= 15 is 0 Å². The van der Waals surface area contributed by atoms with Crippen molar-refractivity contribution in [1.82, 2.24) is 15.2 Å². The van der Waals surface area contributed by atoms with Crippen LogP contribution >= 0.6 is 0 Å². The predicted octanol–water partition coefficient (Wildman–Crippen LogP) is 13.2. The zero-order chi connectivity index (χ0) is 41.0. The highest BCUT2D eigenvalue weighted by atomic mass is 15.3. The molecule has 1 aromatic heterocycles. The number of aromatic nitrogens is 1. The predicted molar refractivity (Wildman–Crippen MR) is 256 cm³/mol. The van der Waals surface area contributed by atoms with E-state index in [-0.39, 0.29) is 24.3 Å². The summed E-state index contributed by atoms with van der Waals surface area (Å²) in [5, 5.41) is 10.3. The molecular formula is C57H43N5. The number of hydrogen-bond donors (Lipinski definition) is 2. The van der Waals surface area contributed by atoms with Gasteiger partial charge in [0.05, 0.1) is 17.1 Å². The molecule has 0 radical (unpaired) electrons. The Hall–Kier alpha value is -7.73. The molecule has 3 aliphatic rings. The van der Waals surface area contributed by atoms with Crippen LogP contribution in [-0.2, 0) is 0 Å². The number of benzene rings is 8. The third-order valence-electron chi connectivity index (χ3n) is 12.8. The second-order valence-electron chi connectivity index (χ2n) is 16.4. The van der Waals surface area contributed by atoms with Crippen LogP contribution in [0.1, 0.15) is 40.5 Å². The van der Waals surface area contributed by atoms with Gasteiger partial charge in [-0.2, -0.15) is 0 Å². The van der Waals surface area contributed by atoms with E-state index in [0.29, 0.717) is 0 Å². The average molecular weight is 798 g/mol. The molecule has 8 aromatic carbocycles. The standard InChI is InChI=1S/C57H43N5/c1-4-16-38(17-5-1)40-28-30-42(31-29-40)56-58-55(41-20-8-3-9-21-41)59-57(60-56)48-24-12-15-27-52(48)62-51-26-14-10-22-45(51)47-34-33-44(37-54(47)62)61-50-25-13-11-23-46(50)49-36-43(32-35-53(49)61)39-18-6-2-7-19-39/h1-37,45,51,56-57,60H,(H,58,59). The molecule has 1 aliphatic carbocycles. The van der Waals surface area contributed by atoms with Crippen molar-refractivity contribution in [3.63, 3.8) is 0 Å². The Labute approximate surface area is 361 Å². The fourth-order valence-electron chi connectivity index (χ4n) is 9.88. The second kappa shape index (κ2) is 15.1. The van der Waals surface area contributed by atoms with E-state index in [9.17, 15) is 0 Å². The Bertz CT molecular complexity index is 3200. The van der Waals surface area contributed by atoms with Gasteiger partial charge in [-0.25, -0.2) is 4.99 Å². The highest BCUT2D eigenvalue weighted by Crippen LogP contribution is 2.50. The van der Waals surface area contributed by atoms with E-state index in [1.807, 2.05) is 0 Å². The summed E-state index contributed by atoms with van der Waals surface area (Å²) in [5.41, 5.74) is 15.4. The van der Waals surface area contributed by atoms with E-state index in [1.165, 1.54) is 55.3 Å². The van der Waals surface area contributed by atoms with E-state index in [4.69, 9.17) is 4.99 Å². The number of anilines is 2. The second-order valence-corrected chi connectivity index (χ2v) is 16.4. The third kappa shape index (κ3) is 6.17. The van der Waals surface area contributed by atoms with Crippen molar-refractivity contribution in [2.45, 2.75) is 24.3 Å². The first kappa shape index (κ1) is 36.1. The summed E-state index contributed by atoms with van der Waals surface area (Å²) in [7, 11) is 0. The van der Waals surface area contributed by atoms with Crippen molar-refractivity contribution < 1.29 is 0 Å². The molecule has 12 rings (SSSR count). The lowest BCUT2D eigenvalue weighted by atomic mass is 9.91. The molecular weight excluding hydrogens is 755 g/mol. The molecule has 0 bridgehead atoms. The average Bonchev–Trinajstić information content (AvgIpc) is 3.87. The van der Waals surface area contributed by atoms with Gasteiger partial charge >= 0.3 is 0 Å². The maximum atomic E-state index is 5.30. The molecule has 2 N–H and O–H groups in total. The maximum Gasteiger partial charge on any atom is 0.131 e. The minimum atomic E-state index is -0.269. The van der Waals surface area contributed by atoms with Crippen LogP contribution in [0.5, 0.6) is 0 Å². The largest absolute Gasteiger partial charge is 0.350 e. The highest BCUT2D eigenvalue weighted by Gasteiger charge is 2.40. The van der Waals surface area contributed by atoms with Gasteiger partial charge in [-0.05, 0) is 69.8 Å². The Morgan fingerprint density at radius 3 is 1.87 bits per heavy atom. The zero-order valence-electron chi connectivity index (χ0n) is 34.0. The SMILES string of the molecule is C1=CC2c3ccc(-n4c5ccccc5c5cc(-c6ccccc6)ccc54)cc3N(c3ccccc3C3NC(c4ccccc4)=NC(c4ccc(-c5ccccc5)cc4)N3)C2C=C1. The molecule has 2 aliphatic heterocycles. The Kier molecular flexibility index (Phi) is 8.79. The number of amidine groups is 1. The van der Waals surface area contributed by atoms with E-state index in [0.717, 1.165) is 33.9 Å². The van der Waals surface area contributed by atoms with Gasteiger partial charge in [0, 0.05) is 44.9 Å². The third-order valence-corrected chi connectivity index (χ3v) is 12.8. The minimum Gasteiger partial charge on any atom is -0.350 e. The summed E-state index contributed by atoms with van der Waals surface area (Å²) in [6, 6.07) is 72.3. The molecule has 0 spiro atoms. The van der Waals surface area contributed by atoms with Crippen LogP contribution in [0.2, 0.25) is 0 Å². The molecule has 5 nitrogen and oxygen atoms in total. The van der Waals surface area contributed by atoms with E-state index < -0.39 is 0 Å². The summed E-state index contributed by atoms with van der Waals surface area (Å²) in [4.78, 5) is 7.87. The molecule has 5 heteroatoms. The van der Waals surface area contributed by atoms with Gasteiger partial charge in [-0.3, -0.25) is 5.32 Å². The molecule has 4 unspecified atom stereocenters. The number of hydrogen-bond acceptors (Lipinski definition) is 4. The molecule has 4 atom stereocenters. The first-order valence-electron chi connectivity index (χ1n) is 21.5. The van der Waals surface area contributed by atoms with Crippen LogP contribution in [0, 0.1) is 0 Å². The number of para-hydroxylation sites is 2. The lowest BCUT2D eigenvalue weighted by molar-refractivity contribution is 0.409. The van der Waals surface area contributed by atoms with Crippen molar-refractivity contribution >= 4 is 39.0 Å². The van der Waals surface area contributed by atoms with Gasteiger partial charge in [0.2, 0.25) is 0 Å². The summed E-state index contributed by atoms with van der Waals surface area (Å²) in [6.45, 7) is 0. The number of nitrogens with zero attached hydrogens (tertiary/aromatic N) is 3. The van der Waals surface area contributed by atoms with Crippen molar-refractivity contribution in [1.29, 1.82) is 0 Å². The number of fused-ring (bicyclic) bond motifs is 6. The Balaban J connectivity index is 0.967. The van der Waals surface area contributed by atoms with Crippen LogP contribution in [-0.4, -0.2) is 16.4 Å². The molecule has 0 saturated heterocycles. The molecule has 0 saturated carbocycles. The Morgan fingerprint density at radius 2 is 1.08 bits per heavy atom. The van der Waals surface area contributed by atoms with Crippen LogP contribution < -0.4 is 15.5 Å². The van der Waals surface area contributed by atoms with Crippen LogP contribution in [0.3, 0.4) is 0 Å². The fraction of sp³-hybridized carbons (Fsp3) is 0.0702. The normalized spacial score (nSPS) is 19.0. The van der Waals surface area contributed by atoms with Crippen LogP contribution in [0.4, 0.5) is 11.4 Å². The fourth-order valence-corrected chi connectivity index (χ4v) is 9.88. The number of aliphatic imine (C=N–C) groups is 1. The number of nitrogens with one attached hydrogen (secondary N) is 2. The van der Waals surface area contributed by atoms with Gasteiger partial charge in [-0.1, -0.05) is 188 Å². The van der Waals surface area contributed by atoms with Crippen molar-refractivity contribution in [2.24, 2.45) is 4.99 Å². The smallest absolute Gasteiger partial charge is 0.131 e. The summed E-state index contributed by atoms with van der Waals surface area (Å²) in [5.74, 6) is 1.08. The maximum absolute atomic E-state index is 5.30. The van der Waals surface area contributed by atoms with Crippen molar-refractivity contribution in [3.05, 3.63) is 247 Å². The first-order chi connectivity index (χ1) is 30.7. The topological polar surface area (TPSA) is 44.6 Å². The lowest BCUT2D eigenvalue weighted by Crippen LogP contribution is -2.45. The molecule has 296 valence electrons.